The Morgan fingerprint density at radius 1 is 1.38 bits per heavy atom. The monoisotopic (exact) mass is 193 g/mol. The van der Waals surface area contributed by atoms with Crippen LogP contribution in [0.3, 0.4) is 0 Å². The topological polar surface area (TPSA) is 3.24 Å². The van der Waals surface area contributed by atoms with Gasteiger partial charge in [-0.25, -0.2) is 0 Å². The van der Waals surface area contributed by atoms with Gasteiger partial charge >= 0.3 is 0 Å². The van der Waals surface area contributed by atoms with Crippen molar-refractivity contribution in [3.05, 3.63) is 29.8 Å². The second kappa shape index (κ2) is 3.72. The number of benzene rings is 1. The summed E-state index contributed by atoms with van der Waals surface area (Å²) < 4.78 is 0. The van der Waals surface area contributed by atoms with Crippen molar-refractivity contribution in [2.24, 2.45) is 0 Å². The molecule has 13 heavy (non-hydrogen) atoms. The lowest BCUT2D eigenvalue weighted by Gasteiger charge is -2.15. The van der Waals surface area contributed by atoms with Crippen LogP contribution in [-0.4, -0.2) is 23.7 Å². The SMILES string of the molecule is CC1CN(C)Cc2ccccc2S1. The van der Waals surface area contributed by atoms with Gasteiger partial charge in [-0.15, -0.1) is 11.8 Å². The first-order valence-electron chi connectivity index (χ1n) is 4.69. The minimum absolute atomic E-state index is 0.702. The Morgan fingerprint density at radius 3 is 3.00 bits per heavy atom. The number of fused-ring (bicyclic) bond motifs is 1. The van der Waals surface area contributed by atoms with Crippen molar-refractivity contribution >= 4 is 11.8 Å². The molecule has 1 unspecified atom stereocenters. The molecule has 0 saturated heterocycles. The summed E-state index contributed by atoms with van der Waals surface area (Å²) in [4.78, 5) is 3.85. The molecule has 1 aromatic carbocycles. The molecule has 2 heteroatoms. The summed E-state index contributed by atoms with van der Waals surface area (Å²) in [5.41, 5.74) is 1.47. The Bertz CT molecular complexity index is 269. The molecule has 1 atom stereocenters. The smallest absolute Gasteiger partial charge is 0.0242 e. The Kier molecular flexibility index (Phi) is 2.61. The maximum atomic E-state index is 2.39. The Hall–Kier alpha value is -0.470. The van der Waals surface area contributed by atoms with Gasteiger partial charge in [-0.2, -0.15) is 0 Å². The normalized spacial score (nSPS) is 23.7. The molecule has 0 aromatic heterocycles. The van der Waals surface area contributed by atoms with E-state index in [0.717, 1.165) is 6.54 Å². The fourth-order valence-electron chi connectivity index (χ4n) is 1.80. The van der Waals surface area contributed by atoms with Gasteiger partial charge in [0, 0.05) is 23.2 Å². The summed E-state index contributed by atoms with van der Waals surface area (Å²) in [6, 6.07) is 8.72. The number of rotatable bonds is 0. The fraction of sp³-hybridized carbons (Fsp3) is 0.455. The van der Waals surface area contributed by atoms with E-state index in [4.69, 9.17) is 0 Å². The number of thioether (sulfide) groups is 1. The quantitative estimate of drug-likeness (QED) is 0.623. The van der Waals surface area contributed by atoms with Gasteiger partial charge in [0.2, 0.25) is 0 Å². The first-order valence-corrected chi connectivity index (χ1v) is 5.57. The third kappa shape index (κ3) is 2.06. The predicted octanol–water partition coefficient (Wildman–Crippen LogP) is 2.61. The lowest BCUT2D eigenvalue weighted by Crippen LogP contribution is -2.22. The van der Waals surface area contributed by atoms with E-state index in [9.17, 15) is 0 Å². The average molecular weight is 193 g/mol. The van der Waals surface area contributed by atoms with Crippen LogP contribution in [0.2, 0.25) is 0 Å². The second-order valence-electron chi connectivity index (χ2n) is 3.73. The number of hydrogen-bond donors (Lipinski definition) is 0. The summed E-state index contributed by atoms with van der Waals surface area (Å²) >= 11 is 1.99. The van der Waals surface area contributed by atoms with Crippen LogP contribution in [0.15, 0.2) is 29.2 Å². The van der Waals surface area contributed by atoms with Gasteiger partial charge in [-0.1, -0.05) is 25.1 Å². The van der Waals surface area contributed by atoms with Crippen molar-refractivity contribution in [1.29, 1.82) is 0 Å². The molecule has 70 valence electrons. The summed E-state index contributed by atoms with van der Waals surface area (Å²) in [6.45, 7) is 4.57. The van der Waals surface area contributed by atoms with E-state index in [0.29, 0.717) is 5.25 Å². The molecule has 1 nitrogen and oxygen atoms in total. The summed E-state index contributed by atoms with van der Waals surface area (Å²) in [6.07, 6.45) is 0. The highest BCUT2D eigenvalue weighted by Gasteiger charge is 2.15. The highest BCUT2D eigenvalue weighted by atomic mass is 32.2. The molecule has 2 rings (SSSR count). The molecule has 0 spiro atoms. The van der Waals surface area contributed by atoms with Crippen LogP contribution in [0.4, 0.5) is 0 Å². The van der Waals surface area contributed by atoms with Crippen LogP contribution in [0.25, 0.3) is 0 Å². The Morgan fingerprint density at radius 2 is 2.15 bits per heavy atom. The maximum absolute atomic E-state index is 2.39. The Balaban J connectivity index is 2.32. The molecular weight excluding hydrogens is 178 g/mol. The zero-order valence-corrected chi connectivity index (χ0v) is 8.97. The van der Waals surface area contributed by atoms with Crippen molar-refractivity contribution in [3.8, 4) is 0 Å². The van der Waals surface area contributed by atoms with Crippen molar-refractivity contribution in [1.82, 2.24) is 4.90 Å². The van der Waals surface area contributed by atoms with Gasteiger partial charge < -0.3 is 4.90 Å². The van der Waals surface area contributed by atoms with Gasteiger partial charge in [0.1, 0.15) is 0 Å². The lowest BCUT2D eigenvalue weighted by molar-refractivity contribution is 0.333. The van der Waals surface area contributed by atoms with E-state index in [1.165, 1.54) is 17.0 Å². The summed E-state index contributed by atoms with van der Waals surface area (Å²) in [5.74, 6) is 0. The van der Waals surface area contributed by atoms with Crippen molar-refractivity contribution < 1.29 is 0 Å². The predicted molar refractivity (Wildman–Crippen MR) is 58.1 cm³/mol. The van der Waals surface area contributed by atoms with Gasteiger partial charge in [0.15, 0.2) is 0 Å². The van der Waals surface area contributed by atoms with Crippen LogP contribution >= 0.6 is 11.8 Å². The fourth-order valence-corrected chi connectivity index (χ4v) is 3.00. The lowest BCUT2D eigenvalue weighted by atomic mass is 10.2. The zero-order valence-electron chi connectivity index (χ0n) is 8.16. The highest BCUT2D eigenvalue weighted by molar-refractivity contribution is 8.00. The first-order chi connectivity index (χ1) is 6.25. The highest BCUT2D eigenvalue weighted by Crippen LogP contribution is 2.30. The molecule has 0 N–H and O–H groups in total. The minimum atomic E-state index is 0.702. The summed E-state index contributed by atoms with van der Waals surface area (Å²) in [5, 5.41) is 0.702. The largest absolute Gasteiger partial charge is 0.301 e. The third-order valence-corrected chi connectivity index (χ3v) is 3.51. The Labute approximate surface area is 84.1 Å². The molecule has 0 saturated carbocycles. The van der Waals surface area contributed by atoms with Crippen LogP contribution in [0.1, 0.15) is 12.5 Å². The number of nitrogens with zero attached hydrogens (tertiary/aromatic N) is 1. The van der Waals surface area contributed by atoms with E-state index < -0.39 is 0 Å². The van der Waals surface area contributed by atoms with E-state index in [-0.39, 0.29) is 0 Å². The van der Waals surface area contributed by atoms with Crippen molar-refractivity contribution in [2.45, 2.75) is 23.6 Å². The van der Waals surface area contributed by atoms with E-state index in [1.54, 1.807) is 0 Å². The molecular formula is C11H15NS. The standard InChI is InChI=1S/C11H15NS/c1-9-7-12(2)8-10-5-3-4-6-11(10)13-9/h3-6,9H,7-8H2,1-2H3. The van der Waals surface area contributed by atoms with Crippen LogP contribution in [0.5, 0.6) is 0 Å². The molecule has 0 bridgehead atoms. The maximum Gasteiger partial charge on any atom is 0.0242 e. The van der Waals surface area contributed by atoms with Crippen molar-refractivity contribution in [3.63, 3.8) is 0 Å². The molecule has 0 amide bonds. The molecule has 0 radical (unpaired) electrons. The average Bonchev–Trinajstić information content (AvgIpc) is 2.20. The van der Waals surface area contributed by atoms with E-state index in [2.05, 4.69) is 43.1 Å². The molecule has 1 heterocycles. The second-order valence-corrected chi connectivity index (χ2v) is 5.21. The molecule has 0 fully saturated rings. The third-order valence-electron chi connectivity index (χ3n) is 2.31. The first kappa shape index (κ1) is 9.10. The van der Waals surface area contributed by atoms with Crippen LogP contribution in [-0.2, 0) is 6.54 Å². The van der Waals surface area contributed by atoms with E-state index >= 15 is 0 Å². The minimum Gasteiger partial charge on any atom is -0.301 e. The molecule has 1 aliphatic rings. The van der Waals surface area contributed by atoms with Gasteiger partial charge in [0.25, 0.3) is 0 Å². The van der Waals surface area contributed by atoms with Crippen molar-refractivity contribution in [2.75, 3.05) is 13.6 Å². The summed E-state index contributed by atoms with van der Waals surface area (Å²) in [7, 11) is 2.19. The van der Waals surface area contributed by atoms with Gasteiger partial charge in [0.05, 0.1) is 0 Å². The van der Waals surface area contributed by atoms with Gasteiger partial charge in [-0.05, 0) is 18.7 Å². The van der Waals surface area contributed by atoms with Crippen LogP contribution in [0, 0.1) is 0 Å². The van der Waals surface area contributed by atoms with Gasteiger partial charge in [-0.3, -0.25) is 0 Å². The van der Waals surface area contributed by atoms with Crippen LogP contribution < -0.4 is 0 Å². The van der Waals surface area contributed by atoms with E-state index in [1.807, 2.05) is 11.8 Å². The zero-order chi connectivity index (χ0) is 9.26. The molecule has 1 aliphatic heterocycles. The molecule has 1 aromatic rings. The number of hydrogen-bond acceptors (Lipinski definition) is 2. The molecule has 0 aliphatic carbocycles.